The normalized spacial score (nSPS) is 11.4. The quantitative estimate of drug-likeness (QED) is 0.685. The Balaban J connectivity index is 1.58. The monoisotopic (exact) mass is 380 g/mol. The zero-order valence-electron chi connectivity index (χ0n) is 14.1. The molecule has 0 aliphatic carbocycles. The first-order chi connectivity index (χ1) is 12.8. The lowest BCUT2D eigenvalue weighted by Gasteiger charge is -2.09. The van der Waals surface area contributed by atoms with E-state index >= 15 is 0 Å². The van der Waals surface area contributed by atoms with Crippen molar-refractivity contribution in [2.45, 2.75) is 19.6 Å². The second-order valence-electron chi connectivity index (χ2n) is 5.67. The van der Waals surface area contributed by atoms with Gasteiger partial charge in [-0.15, -0.1) is 0 Å². The molecule has 1 amide bonds. The van der Waals surface area contributed by atoms with Gasteiger partial charge in [0.2, 0.25) is 5.88 Å². The standard InChI is InChI=1S/C17H15F3N4O3/c1-10-2-3-14(27-10)12-7-13(24-23-12)16(25)22-8-11-4-5-21-15(6-11)26-9-17(18,19)20/h2-7H,8-9H2,1H3,(H,22,25)(H,23,24). The molecule has 0 aliphatic rings. The van der Waals surface area contributed by atoms with Crippen LogP contribution in [0.25, 0.3) is 11.5 Å². The van der Waals surface area contributed by atoms with Crippen molar-refractivity contribution < 1.29 is 27.1 Å². The number of alkyl halides is 3. The molecule has 0 saturated heterocycles. The maximum atomic E-state index is 12.2. The van der Waals surface area contributed by atoms with Gasteiger partial charge in [0.1, 0.15) is 11.5 Å². The highest BCUT2D eigenvalue weighted by molar-refractivity contribution is 5.93. The Hall–Kier alpha value is -3.30. The Bertz CT molecular complexity index is 933. The Morgan fingerprint density at radius 1 is 1.30 bits per heavy atom. The summed E-state index contributed by atoms with van der Waals surface area (Å²) in [5.74, 6) is 0.663. The summed E-state index contributed by atoms with van der Waals surface area (Å²) in [6.45, 7) is 0.443. The fourth-order valence-corrected chi connectivity index (χ4v) is 2.21. The van der Waals surface area contributed by atoms with Crippen molar-refractivity contribution in [1.29, 1.82) is 0 Å². The van der Waals surface area contributed by atoms with Gasteiger partial charge in [-0.3, -0.25) is 9.89 Å². The third-order valence-corrected chi connectivity index (χ3v) is 3.45. The molecule has 3 heterocycles. The van der Waals surface area contributed by atoms with E-state index in [1.165, 1.54) is 18.3 Å². The summed E-state index contributed by atoms with van der Waals surface area (Å²) >= 11 is 0. The molecule has 0 unspecified atom stereocenters. The van der Waals surface area contributed by atoms with Crippen LogP contribution in [0.1, 0.15) is 21.8 Å². The smallest absolute Gasteiger partial charge is 0.422 e. The molecule has 0 spiro atoms. The topological polar surface area (TPSA) is 93.0 Å². The number of furan rings is 1. The number of carbonyl (C=O) groups is 1. The lowest BCUT2D eigenvalue weighted by molar-refractivity contribution is -0.154. The highest BCUT2D eigenvalue weighted by Crippen LogP contribution is 2.20. The summed E-state index contributed by atoms with van der Waals surface area (Å²) in [5, 5.41) is 9.27. The number of rotatable bonds is 6. The molecule has 2 N–H and O–H groups in total. The fraction of sp³-hybridized carbons (Fsp3) is 0.235. The molecule has 0 fully saturated rings. The van der Waals surface area contributed by atoms with Gasteiger partial charge >= 0.3 is 6.18 Å². The highest BCUT2D eigenvalue weighted by atomic mass is 19.4. The van der Waals surface area contributed by atoms with Crippen LogP contribution < -0.4 is 10.1 Å². The molecule has 0 aliphatic heterocycles. The molecule has 0 saturated carbocycles. The van der Waals surface area contributed by atoms with Crippen molar-refractivity contribution in [2.75, 3.05) is 6.61 Å². The average molecular weight is 380 g/mol. The fourth-order valence-electron chi connectivity index (χ4n) is 2.21. The number of carbonyl (C=O) groups excluding carboxylic acids is 1. The van der Waals surface area contributed by atoms with Crippen molar-refractivity contribution >= 4 is 5.91 Å². The van der Waals surface area contributed by atoms with Crippen molar-refractivity contribution in [2.24, 2.45) is 0 Å². The number of ether oxygens (including phenoxy) is 1. The molecule has 0 radical (unpaired) electrons. The van der Waals surface area contributed by atoms with E-state index in [0.29, 0.717) is 17.0 Å². The van der Waals surface area contributed by atoms with E-state index in [1.807, 2.05) is 0 Å². The minimum atomic E-state index is -4.45. The Labute approximate surface area is 151 Å². The van der Waals surface area contributed by atoms with Crippen molar-refractivity contribution in [3.8, 4) is 17.3 Å². The molecule has 3 aromatic heterocycles. The lowest BCUT2D eigenvalue weighted by atomic mass is 10.2. The van der Waals surface area contributed by atoms with E-state index in [1.54, 1.807) is 25.1 Å². The minimum absolute atomic E-state index is 0.0752. The molecular formula is C17H15F3N4O3. The number of amides is 1. The molecule has 0 atom stereocenters. The van der Waals surface area contributed by atoms with Crippen LogP contribution in [-0.4, -0.2) is 33.9 Å². The van der Waals surface area contributed by atoms with E-state index in [-0.39, 0.29) is 18.1 Å². The van der Waals surface area contributed by atoms with Crippen LogP contribution in [0.4, 0.5) is 13.2 Å². The number of aryl methyl sites for hydroxylation is 1. The Morgan fingerprint density at radius 3 is 2.81 bits per heavy atom. The maximum Gasteiger partial charge on any atom is 0.422 e. The molecule has 10 heteroatoms. The summed E-state index contributed by atoms with van der Waals surface area (Å²) in [6, 6.07) is 7.97. The van der Waals surface area contributed by atoms with E-state index in [2.05, 4.69) is 25.2 Å². The molecule has 7 nitrogen and oxygen atoms in total. The summed E-state index contributed by atoms with van der Waals surface area (Å²) in [5.41, 5.74) is 1.24. The Kier molecular flexibility index (Phi) is 5.15. The van der Waals surface area contributed by atoms with Gasteiger partial charge in [-0.05, 0) is 30.7 Å². The van der Waals surface area contributed by atoms with Gasteiger partial charge in [-0.1, -0.05) is 0 Å². The van der Waals surface area contributed by atoms with Crippen LogP contribution >= 0.6 is 0 Å². The molecule has 3 rings (SSSR count). The number of nitrogens with one attached hydrogen (secondary N) is 2. The molecule has 0 bridgehead atoms. The van der Waals surface area contributed by atoms with Crippen LogP contribution in [0.15, 0.2) is 40.9 Å². The summed E-state index contributed by atoms with van der Waals surface area (Å²) in [4.78, 5) is 15.9. The van der Waals surface area contributed by atoms with Crippen molar-refractivity contribution in [3.05, 3.63) is 53.5 Å². The van der Waals surface area contributed by atoms with Gasteiger partial charge in [-0.2, -0.15) is 18.3 Å². The number of nitrogens with zero attached hydrogens (tertiary/aromatic N) is 2. The third-order valence-electron chi connectivity index (χ3n) is 3.45. The van der Waals surface area contributed by atoms with Gasteiger partial charge in [0, 0.05) is 24.9 Å². The number of hydrogen-bond donors (Lipinski definition) is 2. The summed E-state index contributed by atoms with van der Waals surface area (Å²) < 4.78 is 46.6. The zero-order valence-corrected chi connectivity index (χ0v) is 14.1. The van der Waals surface area contributed by atoms with Gasteiger partial charge < -0.3 is 14.5 Å². The van der Waals surface area contributed by atoms with Crippen LogP contribution in [0.3, 0.4) is 0 Å². The van der Waals surface area contributed by atoms with Gasteiger partial charge in [0.05, 0.1) is 0 Å². The SMILES string of the molecule is Cc1ccc(-c2cc(C(=O)NCc3ccnc(OCC(F)(F)F)c3)n[nH]2)o1. The second kappa shape index (κ2) is 7.52. The van der Waals surface area contributed by atoms with E-state index in [0.717, 1.165) is 5.76 Å². The number of aromatic nitrogens is 3. The highest BCUT2D eigenvalue weighted by Gasteiger charge is 2.28. The van der Waals surface area contributed by atoms with Crippen LogP contribution in [0, 0.1) is 6.92 Å². The van der Waals surface area contributed by atoms with E-state index < -0.39 is 18.7 Å². The summed E-state index contributed by atoms with van der Waals surface area (Å²) in [7, 11) is 0. The van der Waals surface area contributed by atoms with Crippen LogP contribution in [0.5, 0.6) is 5.88 Å². The molecule has 3 aromatic rings. The number of hydrogen-bond acceptors (Lipinski definition) is 5. The average Bonchev–Trinajstić information content (AvgIpc) is 3.26. The first-order valence-corrected chi connectivity index (χ1v) is 7.85. The predicted molar refractivity (Wildman–Crippen MR) is 88.0 cm³/mol. The number of aromatic amines is 1. The van der Waals surface area contributed by atoms with Crippen molar-refractivity contribution in [1.82, 2.24) is 20.5 Å². The molecular weight excluding hydrogens is 365 g/mol. The first kappa shape index (κ1) is 18.5. The largest absolute Gasteiger partial charge is 0.468 e. The third kappa shape index (κ3) is 5.09. The molecule has 142 valence electrons. The molecule has 0 aromatic carbocycles. The van der Waals surface area contributed by atoms with Crippen LogP contribution in [0.2, 0.25) is 0 Å². The van der Waals surface area contributed by atoms with Crippen LogP contribution in [-0.2, 0) is 6.54 Å². The van der Waals surface area contributed by atoms with Crippen molar-refractivity contribution in [3.63, 3.8) is 0 Å². The Morgan fingerprint density at radius 2 is 2.11 bits per heavy atom. The zero-order chi connectivity index (χ0) is 19.4. The number of halogens is 3. The minimum Gasteiger partial charge on any atom is -0.468 e. The predicted octanol–water partition coefficient (Wildman–Crippen LogP) is 3.24. The van der Waals surface area contributed by atoms with E-state index in [4.69, 9.17) is 4.42 Å². The molecule has 27 heavy (non-hydrogen) atoms. The number of H-pyrrole nitrogens is 1. The van der Waals surface area contributed by atoms with Gasteiger partial charge in [0.25, 0.3) is 5.91 Å². The summed E-state index contributed by atoms with van der Waals surface area (Å²) in [6.07, 6.45) is -3.14. The first-order valence-electron chi connectivity index (χ1n) is 7.85. The van der Waals surface area contributed by atoms with E-state index in [9.17, 15) is 18.0 Å². The second-order valence-corrected chi connectivity index (χ2v) is 5.67. The maximum absolute atomic E-state index is 12.2. The number of pyridine rings is 1. The van der Waals surface area contributed by atoms with Gasteiger partial charge in [-0.25, -0.2) is 4.98 Å². The van der Waals surface area contributed by atoms with Gasteiger partial charge in [0.15, 0.2) is 18.1 Å². The lowest BCUT2D eigenvalue weighted by Crippen LogP contribution is -2.23.